The van der Waals surface area contributed by atoms with Gasteiger partial charge in [0.15, 0.2) is 17.9 Å². The van der Waals surface area contributed by atoms with Crippen molar-refractivity contribution in [2.75, 3.05) is 7.11 Å². The molecule has 0 saturated heterocycles. The fraction of sp³-hybridized carbons (Fsp3) is 0.0833. The van der Waals surface area contributed by atoms with Gasteiger partial charge >= 0.3 is 0 Å². The van der Waals surface area contributed by atoms with Crippen LogP contribution >= 0.6 is 11.6 Å². The van der Waals surface area contributed by atoms with Gasteiger partial charge < -0.3 is 4.74 Å². The molecule has 92 valence electrons. The minimum Gasteiger partial charge on any atom is -0.494 e. The summed E-state index contributed by atoms with van der Waals surface area (Å²) in [5.74, 6) is -0.423. The number of benzene rings is 1. The van der Waals surface area contributed by atoms with E-state index in [4.69, 9.17) is 16.3 Å². The lowest BCUT2D eigenvalue weighted by atomic mass is 10.1. The molecule has 0 atom stereocenters. The van der Waals surface area contributed by atoms with Gasteiger partial charge in [-0.1, -0.05) is 11.6 Å². The lowest BCUT2D eigenvalue weighted by molar-refractivity contribution is 0.112. The number of hydrogen-bond donors (Lipinski definition) is 0. The molecule has 0 saturated carbocycles. The third kappa shape index (κ3) is 2.17. The maximum absolute atomic E-state index is 13.6. The second-order valence-corrected chi connectivity index (χ2v) is 3.75. The number of rotatable bonds is 3. The van der Waals surface area contributed by atoms with Gasteiger partial charge in [-0.05, 0) is 18.2 Å². The van der Waals surface area contributed by atoms with Crippen LogP contribution < -0.4 is 4.74 Å². The van der Waals surface area contributed by atoms with E-state index in [1.165, 1.54) is 25.6 Å². The topological polar surface area (TPSA) is 52.1 Å². The first-order valence-electron chi connectivity index (χ1n) is 4.97. The fourth-order valence-corrected chi connectivity index (χ4v) is 1.70. The predicted octanol–water partition coefficient (Wildman–Crippen LogP) is 2.76. The molecule has 4 nitrogen and oxygen atoms in total. The number of halogens is 2. The lowest BCUT2D eigenvalue weighted by Crippen LogP contribution is -1.96. The zero-order valence-electron chi connectivity index (χ0n) is 9.35. The molecule has 0 bridgehead atoms. The molecule has 1 heterocycles. The van der Waals surface area contributed by atoms with Crippen LogP contribution in [0.3, 0.4) is 0 Å². The van der Waals surface area contributed by atoms with Gasteiger partial charge in [0.2, 0.25) is 0 Å². The van der Waals surface area contributed by atoms with Crippen LogP contribution in [0.25, 0.3) is 11.3 Å². The molecule has 0 radical (unpaired) electrons. The molecule has 0 spiro atoms. The summed E-state index contributed by atoms with van der Waals surface area (Å²) < 4.78 is 18.4. The molecule has 1 aromatic carbocycles. The molecule has 0 fully saturated rings. The predicted molar refractivity (Wildman–Crippen MR) is 64.4 cm³/mol. The summed E-state index contributed by atoms with van der Waals surface area (Å²) in [6.07, 6.45) is 1.76. The Kier molecular flexibility index (Phi) is 3.53. The first-order valence-corrected chi connectivity index (χ1v) is 5.34. The summed E-state index contributed by atoms with van der Waals surface area (Å²) in [6, 6.07) is 4.27. The van der Waals surface area contributed by atoms with Crippen molar-refractivity contribution in [2.45, 2.75) is 0 Å². The highest BCUT2D eigenvalue weighted by Gasteiger charge is 2.13. The summed E-state index contributed by atoms with van der Waals surface area (Å²) in [7, 11) is 1.37. The largest absolute Gasteiger partial charge is 0.494 e. The average Bonchev–Trinajstić information content (AvgIpc) is 2.38. The average molecular weight is 267 g/mol. The maximum Gasteiger partial charge on any atom is 0.165 e. The normalized spacial score (nSPS) is 10.2. The maximum atomic E-state index is 13.6. The molecular weight excluding hydrogens is 259 g/mol. The highest BCUT2D eigenvalue weighted by Crippen LogP contribution is 2.27. The summed E-state index contributed by atoms with van der Waals surface area (Å²) in [5, 5.41) is 0.0335. The number of methoxy groups -OCH3 is 1. The zero-order chi connectivity index (χ0) is 13.1. The van der Waals surface area contributed by atoms with Gasteiger partial charge in [0.05, 0.1) is 18.4 Å². The minimum atomic E-state index is -0.540. The molecule has 2 aromatic rings. The molecule has 2 rings (SSSR count). The Morgan fingerprint density at radius 1 is 1.39 bits per heavy atom. The van der Waals surface area contributed by atoms with Gasteiger partial charge in [-0.3, -0.25) is 4.79 Å². The van der Waals surface area contributed by atoms with Crippen LogP contribution in [0.2, 0.25) is 5.15 Å². The molecule has 0 aliphatic carbocycles. The van der Waals surface area contributed by atoms with Crippen molar-refractivity contribution in [3.05, 3.63) is 41.1 Å². The number of ether oxygens (including phenoxy) is 1. The number of aldehydes is 1. The second-order valence-electron chi connectivity index (χ2n) is 3.39. The van der Waals surface area contributed by atoms with E-state index in [0.717, 1.165) is 0 Å². The molecule has 0 N–H and O–H groups in total. The Labute approximate surface area is 107 Å². The molecular formula is C12H8ClFN2O2. The molecule has 0 aliphatic rings. The summed E-state index contributed by atoms with van der Waals surface area (Å²) in [5.41, 5.74) is 0.843. The van der Waals surface area contributed by atoms with E-state index in [1.807, 2.05) is 0 Å². The Morgan fingerprint density at radius 3 is 2.78 bits per heavy atom. The summed E-state index contributed by atoms with van der Waals surface area (Å²) in [4.78, 5) is 18.6. The van der Waals surface area contributed by atoms with E-state index in [9.17, 15) is 9.18 Å². The van der Waals surface area contributed by atoms with Crippen LogP contribution in [0.15, 0.2) is 24.5 Å². The van der Waals surface area contributed by atoms with E-state index >= 15 is 0 Å². The Bertz CT molecular complexity index is 605. The molecule has 18 heavy (non-hydrogen) atoms. The first-order chi connectivity index (χ1) is 8.67. The molecule has 0 amide bonds. The van der Waals surface area contributed by atoms with E-state index in [-0.39, 0.29) is 22.2 Å². The smallest absolute Gasteiger partial charge is 0.165 e. The highest BCUT2D eigenvalue weighted by molar-refractivity contribution is 6.32. The van der Waals surface area contributed by atoms with E-state index in [2.05, 4.69) is 9.97 Å². The van der Waals surface area contributed by atoms with Crippen molar-refractivity contribution in [1.82, 2.24) is 9.97 Å². The quantitative estimate of drug-likeness (QED) is 0.633. The van der Waals surface area contributed by atoms with Crippen molar-refractivity contribution in [2.24, 2.45) is 0 Å². The molecule has 1 aromatic heterocycles. The third-order valence-corrected chi connectivity index (χ3v) is 2.68. The van der Waals surface area contributed by atoms with Gasteiger partial charge in [-0.15, -0.1) is 0 Å². The SMILES string of the molecule is COc1ccc(-c2ncnc(Cl)c2C=O)cc1F. The van der Waals surface area contributed by atoms with Crippen LogP contribution in [-0.4, -0.2) is 23.4 Å². The van der Waals surface area contributed by atoms with Crippen molar-refractivity contribution in [3.63, 3.8) is 0 Å². The number of hydrogen-bond acceptors (Lipinski definition) is 4. The van der Waals surface area contributed by atoms with Crippen LogP contribution in [0.5, 0.6) is 5.75 Å². The molecule has 0 unspecified atom stereocenters. The fourth-order valence-electron chi connectivity index (χ4n) is 1.52. The zero-order valence-corrected chi connectivity index (χ0v) is 10.1. The number of nitrogens with zero attached hydrogens (tertiary/aromatic N) is 2. The van der Waals surface area contributed by atoms with Crippen molar-refractivity contribution in [3.8, 4) is 17.0 Å². The van der Waals surface area contributed by atoms with Crippen LogP contribution in [0, 0.1) is 5.82 Å². The van der Waals surface area contributed by atoms with Gasteiger partial charge in [0.25, 0.3) is 0 Å². The van der Waals surface area contributed by atoms with Crippen LogP contribution in [-0.2, 0) is 0 Å². The molecule has 6 heteroatoms. The third-order valence-electron chi connectivity index (χ3n) is 2.38. The van der Waals surface area contributed by atoms with Crippen LogP contribution in [0.1, 0.15) is 10.4 Å². The number of aromatic nitrogens is 2. The Hall–Kier alpha value is -2.01. The number of carbonyl (C=O) groups excluding carboxylic acids is 1. The second kappa shape index (κ2) is 5.10. The standard InChI is InChI=1S/C12H8ClFN2O2/c1-18-10-3-2-7(4-9(10)14)11-8(5-17)12(13)16-6-15-11/h2-6H,1H3. The Morgan fingerprint density at radius 2 is 2.17 bits per heavy atom. The van der Waals surface area contributed by atoms with Gasteiger partial charge in [0.1, 0.15) is 11.5 Å². The van der Waals surface area contributed by atoms with Crippen molar-refractivity contribution < 1.29 is 13.9 Å². The van der Waals surface area contributed by atoms with Crippen LogP contribution in [0.4, 0.5) is 4.39 Å². The molecule has 0 aliphatic heterocycles. The van der Waals surface area contributed by atoms with Gasteiger partial charge in [-0.2, -0.15) is 0 Å². The van der Waals surface area contributed by atoms with Crippen molar-refractivity contribution >= 4 is 17.9 Å². The van der Waals surface area contributed by atoms with Gasteiger partial charge in [-0.25, -0.2) is 14.4 Å². The summed E-state index contributed by atoms with van der Waals surface area (Å²) >= 11 is 5.78. The lowest BCUT2D eigenvalue weighted by Gasteiger charge is -2.07. The van der Waals surface area contributed by atoms with Crippen molar-refractivity contribution in [1.29, 1.82) is 0 Å². The van der Waals surface area contributed by atoms with E-state index in [1.54, 1.807) is 6.07 Å². The van der Waals surface area contributed by atoms with E-state index < -0.39 is 5.82 Å². The summed E-state index contributed by atoms with van der Waals surface area (Å²) in [6.45, 7) is 0. The van der Waals surface area contributed by atoms with E-state index in [0.29, 0.717) is 11.8 Å². The highest BCUT2D eigenvalue weighted by atomic mass is 35.5. The Balaban J connectivity index is 2.59. The monoisotopic (exact) mass is 266 g/mol. The first kappa shape index (κ1) is 12.4. The van der Waals surface area contributed by atoms with Gasteiger partial charge in [0, 0.05) is 5.56 Å². The minimum absolute atomic E-state index is 0.0335. The number of carbonyl (C=O) groups is 1.